The van der Waals surface area contributed by atoms with Gasteiger partial charge in [-0.2, -0.15) is 10.4 Å². The third kappa shape index (κ3) is 4.94. The van der Waals surface area contributed by atoms with Crippen LogP contribution in [-0.2, 0) is 18.5 Å². The molecule has 0 unspecified atom stereocenters. The van der Waals surface area contributed by atoms with E-state index in [1.165, 1.54) is 6.21 Å². The fourth-order valence-corrected chi connectivity index (χ4v) is 3.20. The zero-order valence-corrected chi connectivity index (χ0v) is 17.5. The average Bonchev–Trinajstić information content (AvgIpc) is 2.76. The molecule has 0 atom stereocenters. The van der Waals surface area contributed by atoms with E-state index in [-0.39, 0.29) is 5.56 Å². The fourth-order valence-electron chi connectivity index (χ4n) is 3.20. The minimum atomic E-state index is -0.0221. The number of hydroxylamine groups is 1. The van der Waals surface area contributed by atoms with Crippen molar-refractivity contribution in [2.24, 2.45) is 7.05 Å². The Morgan fingerprint density at radius 1 is 1.10 bits per heavy atom. The van der Waals surface area contributed by atoms with Crippen molar-refractivity contribution in [2.75, 3.05) is 17.3 Å². The van der Waals surface area contributed by atoms with Crippen molar-refractivity contribution >= 4 is 17.6 Å². The van der Waals surface area contributed by atoms with Gasteiger partial charge in [0, 0.05) is 49.4 Å². The van der Waals surface area contributed by atoms with Crippen LogP contribution in [0.4, 0.5) is 11.4 Å². The summed E-state index contributed by atoms with van der Waals surface area (Å²) in [5.74, 6) is 0. The van der Waals surface area contributed by atoms with E-state index in [9.17, 15) is 4.79 Å². The van der Waals surface area contributed by atoms with Gasteiger partial charge in [0.2, 0.25) is 0 Å². The molecule has 0 aliphatic carbocycles. The summed E-state index contributed by atoms with van der Waals surface area (Å²) < 4.78 is 1.58. The van der Waals surface area contributed by atoms with Crippen LogP contribution in [-0.4, -0.2) is 17.3 Å². The van der Waals surface area contributed by atoms with Crippen LogP contribution in [0.1, 0.15) is 23.6 Å². The first-order valence-corrected chi connectivity index (χ1v) is 9.82. The Hall–Kier alpha value is -3.42. The first-order chi connectivity index (χ1) is 14.5. The summed E-state index contributed by atoms with van der Waals surface area (Å²) >= 11 is 0. The number of benzene rings is 2. The molecule has 7 nitrogen and oxygen atoms in total. The first-order valence-electron chi connectivity index (χ1n) is 9.82. The molecule has 0 spiro atoms. The van der Waals surface area contributed by atoms with Gasteiger partial charge in [-0.25, -0.2) is 5.48 Å². The maximum atomic E-state index is 12.1. The van der Waals surface area contributed by atoms with Crippen LogP contribution in [0.25, 0.3) is 11.1 Å². The minimum Gasteiger partial charge on any atom is -0.380 e. The third-order valence-electron chi connectivity index (χ3n) is 4.72. The summed E-state index contributed by atoms with van der Waals surface area (Å²) in [6.45, 7) is 4.98. The smallest absolute Gasteiger partial charge is 0.253 e. The Morgan fingerprint density at radius 3 is 2.50 bits per heavy atom. The van der Waals surface area contributed by atoms with Gasteiger partial charge in [0.25, 0.3) is 5.56 Å². The van der Waals surface area contributed by atoms with Crippen molar-refractivity contribution in [1.29, 1.82) is 5.41 Å². The summed E-state index contributed by atoms with van der Waals surface area (Å²) in [4.78, 5) is 17.4. The lowest BCUT2D eigenvalue weighted by molar-refractivity contribution is 0.0930. The van der Waals surface area contributed by atoms with Gasteiger partial charge in [0.1, 0.15) is 0 Å². The van der Waals surface area contributed by atoms with Gasteiger partial charge in [-0.1, -0.05) is 37.3 Å². The molecule has 3 aromatic rings. The Kier molecular flexibility index (Phi) is 7.00. The van der Waals surface area contributed by atoms with Gasteiger partial charge in [-0.15, -0.1) is 0 Å². The monoisotopic (exact) mass is 405 g/mol. The quantitative estimate of drug-likeness (QED) is 0.247. The van der Waals surface area contributed by atoms with Crippen molar-refractivity contribution in [3.63, 3.8) is 0 Å². The van der Waals surface area contributed by atoms with Crippen molar-refractivity contribution < 1.29 is 4.94 Å². The molecule has 3 rings (SSSR count). The Bertz CT molecular complexity index is 1050. The molecule has 4 N–H and O–H groups in total. The predicted octanol–water partition coefficient (Wildman–Crippen LogP) is 3.84. The molecule has 0 amide bonds. The highest BCUT2D eigenvalue weighted by Gasteiger charge is 2.13. The Morgan fingerprint density at radius 2 is 1.83 bits per heavy atom. The highest BCUT2D eigenvalue weighted by molar-refractivity contribution is 5.95. The van der Waals surface area contributed by atoms with E-state index in [4.69, 9.17) is 10.3 Å². The zero-order chi connectivity index (χ0) is 21.5. The van der Waals surface area contributed by atoms with E-state index in [1.807, 2.05) is 61.7 Å². The number of pyridine rings is 1. The van der Waals surface area contributed by atoms with Crippen LogP contribution in [0.3, 0.4) is 0 Å². The van der Waals surface area contributed by atoms with Gasteiger partial charge in [0.15, 0.2) is 0 Å². The van der Waals surface area contributed by atoms with Gasteiger partial charge < -0.3 is 15.3 Å². The fraction of sp³-hybridized carbons (Fsp3) is 0.217. The number of aryl methyl sites for hydroxylation is 2. The van der Waals surface area contributed by atoms with Gasteiger partial charge in [-0.05, 0) is 41.8 Å². The summed E-state index contributed by atoms with van der Waals surface area (Å²) in [7, 11) is 1.74. The second-order valence-electron chi connectivity index (χ2n) is 7.00. The molecule has 156 valence electrons. The molecule has 0 fully saturated rings. The third-order valence-corrected chi connectivity index (χ3v) is 4.72. The van der Waals surface area contributed by atoms with Crippen LogP contribution in [0.2, 0.25) is 0 Å². The molecule has 0 aliphatic rings. The summed E-state index contributed by atoms with van der Waals surface area (Å²) in [6.07, 6.45) is 3.10. The Labute approximate surface area is 176 Å². The van der Waals surface area contributed by atoms with E-state index in [2.05, 4.69) is 16.3 Å². The molecule has 0 aliphatic heterocycles. The largest absolute Gasteiger partial charge is 0.380 e. The lowest BCUT2D eigenvalue weighted by Crippen LogP contribution is -2.19. The molecular formula is C23H27N5O2. The number of nitrogens with zero attached hydrogens (tertiary/aromatic N) is 1. The second-order valence-corrected chi connectivity index (χ2v) is 7.00. The molecule has 7 heteroatoms. The molecule has 1 aromatic heterocycles. The molecule has 2 aromatic carbocycles. The lowest BCUT2D eigenvalue weighted by Gasteiger charge is -2.17. The normalized spacial score (nSPS) is 10.6. The van der Waals surface area contributed by atoms with Gasteiger partial charge in [-0.3, -0.25) is 4.79 Å². The highest BCUT2D eigenvalue weighted by atomic mass is 16.8. The van der Waals surface area contributed by atoms with E-state index in [0.717, 1.165) is 22.4 Å². The molecule has 0 saturated heterocycles. The summed E-state index contributed by atoms with van der Waals surface area (Å²) in [6, 6.07) is 15.8. The van der Waals surface area contributed by atoms with E-state index < -0.39 is 0 Å². The van der Waals surface area contributed by atoms with Crippen molar-refractivity contribution in [1.82, 2.24) is 10.0 Å². The maximum Gasteiger partial charge on any atom is 0.253 e. The summed E-state index contributed by atoms with van der Waals surface area (Å²) in [5.41, 5.74) is 11.3. The van der Waals surface area contributed by atoms with Crippen LogP contribution >= 0.6 is 0 Å². The standard InChI is InChI=1S/C23H27N5O2/c1-4-26-30-27-22-12-18(19-10-16(2)23(29)28(3)15-19)11-21(20(22)13-24)25-14-17-8-6-5-7-9-17/h5-13,15,24-27H,4,14H2,1-3H3. The number of rotatable bonds is 9. The minimum absolute atomic E-state index is 0.0221. The first kappa shape index (κ1) is 21.3. The van der Waals surface area contributed by atoms with Crippen LogP contribution in [0.5, 0.6) is 0 Å². The SMILES string of the molecule is CCNONc1cc(-c2cc(C)c(=O)n(C)c2)cc(NCc2ccccc2)c1C=N. The molecule has 1 heterocycles. The lowest BCUT2D eigenvalue weighted by atomic mass is 10.0. The Balaban J connectivity index is 2.04. The van der Waals surface area contributed by atoms with Crippen LogP contribution in [0, 0.1) is 12.3 Å². The van der Waals surface area contributed by atoms with E-state index in [1.54, 1.807) is 18.5 Å². The van der Waals surface area contributed by atoms with Gasteiger partial charge >= 0.3 is 0 Å². The highest BCUT2D eigenvalue weighted by Crippen LogP contribution is 2.31. The predicted molar refractivity (Wildman–Crippen MR) is 122 cm³/mol. The number of aromatic nitrogens is 1. The average molecular weight is 406 g/mol. The number of nitrogens with one attached hydrogen (secondary N) is 4. The van der Waals surface area contributed by atoms with Crippen molar-refractivity contribution in [3.8, 4) is 11.1 Å². The van der Waals surface area contributed by atoms with Crippen LogP contribution in [0.15, 0.2) is 59.5 Å². The van der Waals surface area contributed by atoms with Gasteiger partial charge in [0.05, 0.1) is 5.69 Å². The van der Waals surface area contributed by atoms with Crippen molar-refractivity contribution in [2.45, 2.75) is 20.4 Å². The molecule has 30 heavy (non-hydrogen) atoms. The van der Waals surface area contributed by atoms with Crippen molar-refractivity contribution in [3.05, 3.63) is 81.8 Å². The number of hydrogen-bond donors (Lipinski definition) is 4. The zero-order valence-electron chi connectivity index (χ0n) is 17.5. The van der Waals surface area contributed by atoms with E-state index >= 15 is 0 Å². The molecule has 0 saturated carbocycles. The molecular weight excluding hydrogens is 378 g/mol. The maximum absolute atomic E-state index is 12.1. The number of hydrogen-bond acceptors (Lipinski definition) is 6. The second kappa shape index (κ2) is 9.87. The topological polar surface area (TPSA) is 91.2 Å². The number of anilines is 2. The molecule has 0 radical (unpaired) electrons. The summed E-state index contributed by atoms with van der Waals surface area (Å²) in [5, 5.41) is 11.4. The van der Waals surface area contributed by atoms with Crippen LogP contribution < -0.4 is 21.8 Å². The van der Waals surface area contributed by atoms with E-state index in [0.29, 0.717) is 29.9 Å². The molecule has 0 bridgehead atoms.